The van der Waals surface area contributed by atoms with Gasteiger partial charge in [0.05, 0.1) is 0 Å². The number of carbonyl (C=O) groups is 1. The van der Waals surface area contributed by atoms with Crippen molar-refractivity contribution in [2.24, 2.45) is 0 Å². The molecule has 0 radical (unpaired) electrons. The van der Waals surface area contributed by atoms with Gasteiger partial charge in [0, 0.05) is 22.8 Å². The fourth-order valence-electron chi connectivity index (χ4n) is 1.52. The average molecular weight is 316 g/mol. The smallest absolute Gasteiger partial charge is 0.251 e. The van der Waals surface area contributed by atoms with Crippen LogP contribution in [0, 0.1) is 11.3 Å². The van der Waals surface area contributed by atoms with E-state index in [9.17, 15) is 4.79 Å². The third-order valence-electron chi connectivity index (χ3n) is 2.50. The third kappa shape index (κ3) is 3.63. The standard InChI is InChI=1S/C14H10BrN3O/c15-12-3-1-10(2-4-12)9-18-14(19)11-5-6-17-13(7-11)8-16/h1-7H,9H2,(H,18,19). The number of pyridine rings is 1. The zero-order valence-corrected chi connectivity index (χ0v) is 11.5. The average Bonchev–Trinajstić information content (AvgIpc) is 2.46. The zero-order valence-electron chi connectivity index (χ0n) is 9.93. The van der Waals surface area contributed by atoms with E-state index in [4.69, 9.17) is 5.26 Å². The number of benzene rings is 1. The topological polar surface area (TPSA) is 65.8 Å². The highest BCUT2D eigenvalue weighted by atomic mass is 79.9. The number of amides is 1. The van der Waals surface area contributed by atoms with Crippen molar-refractivity contribution < 1.29 is 4.79 Å². The molecule has 0 aliphatic heterocycles. The Bertz CT molecular complexity index is 632. The van der Waals surface area contributed by atoms with Crippen LogP contribution in [0.25, 0.3) is 0 Å². The molecule has 2 rings (SSSR count). The van der Waals surface area contributed by atoms with Crippen LogP contribution >= 0.6 is 15.9 Å². The van der Waals surface area contributed by atoms with Crippen molar-refractivity contribution in [1.29, 1.82) is 5.26 Å². The van der Waals surface area contributed by atoms with Gasteiger partial charge in [-0.2, -0.15) is 5.26 Å². The van der Waals surface area contributed by atoms with Crippen molar-refractivity contribution in [3.8, 4) is 6.07 Å². The summed E-state index contributed by atoms with van der Waals surface area (Å²) in [6, 6.07) is 12.6. The summed E-state index contributed by atoms with van der Waals surface area (Å²) in [5.74, 6) is -0.221. The number of carbonyl (C=O) groups excluding carboxylic acids is 1. The summed E-state index contributed by atoms with van der Waals surface area (Å²) in [4.78, 5) is 15.7. The molecule has 0 saturated carbocycles. The van der Waals surface area contributed by atoms with Gasteiger partial charge in [-0.1, -0.05) is 28.1 Å². The third-order valence-corrected chi connectivity index (χ3v) is 3.03. The van der Waals surface area contributed by atoms with Crippen LogP contribution in [-0.4, -0.2) is 10.9 Å². The second-order valence-electron chi connectivity index (χ2n) is 3.85. The number of aromatic nitrogens is 1. The maximum absolute atomic E-state index is 11.9. The van der Waals surface area contributed by atoms with Gasteiger partial charge in [-0.3, -0.25) is 4.79 Å². The largest absolute Gasteiger partial charge is 0.348 e. The van der Waals surface area contributed by atoms with Gasteiger partial charge >= 0.3 is 0 Å². The Kier molecular flexibility index (Phi) is 4.26. The second-order valence-corrected chi connectivity index (χ2v) is 4.77. The highest BCUT2D eigenvalue weighted by Crippen LogP contribution is 2.10. The van der Waals surface area contributed by atoms with Crippen molar-refractivity contribution in [3.05, 3.63) is 63.9 Å². The molecule has 2 aromatic rings. The fraction of sp³-hybridized carbons (Fsp3) is 0.0714. The van der Waals surface area contributed by atoms with Gasteiger partial charge in [0.2, 0.25) is 0 Å². The molecule has 0 aliphatic carbocycles. The van der Waals surface area contributed by atoms with Crippen LogP contribution in [0.15, 0.2) is 47.1 Å². The van der Waals surface area contributed by atoms with Gasteiger partial charge in [-0.25, -0.2) is 4.98 Å². The Morgan fingerprint density at radius 2 is 2.05 bits per heavy atom. The molecule has 0 saturated heterocycles. The van der Waals surface area contributed by atoms with E-state index in [2.05, 4.69) is 26.2 Å². The lowest BCUT2D eigenvalue weighted by molar-refractivity contribution is 0.0951. The van der Waals surface area contributed by atoms with E-state index in [1.807, 2.05) is 30.3 Å². The molecule has 94 valence electrons. The predicted octanol–water partition coefficient (Wildman–Crippen LogP) is 2.65. The van der Waals surface area contributed by atoms with Crippen molar-refractivity contribution in [2.75, 3.05) is 0 Å². The molecule has 1 amide bonds. The maximum Gasteiger partial charge on any atom is 0.251 e. The van der Waals surface area contributed by atoms with Crippen molar-refractivity contribution in [2.45, 2.75) is 6.54 Å². The van der Waals surface area contributed by atoms with E-state index >= 15 is 0 Å². The molecule has 1 aromatic heterocycles. The molecule has 1 N–H and O–H groups in total. The first-order valence-electron chi connectivity index (χ1n) is 5.58. The lowest BCUT2D eigenvalue weighted by Gasteiger charge is -2.05. The molecule has 0 bridgehead atoms. The van der Waals surface area contributed by atoms with Gasteiger partial charge in [-0.15, -0.1) is 0 Å². The van der Waals surface area contributed by atoms with Crippen molar-refractivity contribution in [1.82, 2.24) is 10.3 Å². The van der Waals surface area contributed by atoms with Gasteiger partial charge in [-0.05, 0) is 29.8 Å². The van der Waals surface area contributed by atoms with Gasteiger partial charge in [0.25, 0.3) is 5.91 Å². The predicted molar refractivity (Wildman–Crippen MR) is 74.3 cm³/mol. The van der Waals surface area contributed by atoms with E-state index in [0.29, 0.717) is 12.1 Å². The second kappa shape index (κ2) is 6.12. The van der Waals surface area contributed by atoms with Gasteiger partial charge < -0.3 is 5.32 Å². The molecule has 0 unspecified atom stereocenters. The normalized spacial score (nSPS) is 9.68. The summed E-state index contributed by atoms with van der Waals surface area (Å²) >= 11 is 3.35. The number of halogens is 1. The lowest BCUT2D eigenvalue weighted by Crippen LogP contribution is -2.22. The Morgan fingerprint density at radius 1 is 1.32 bits per heavy atom. The van der Waals surface area contributed by atoms with Crippen molar-refractivity contribution >= 4 is 21.8 Å². The molecule has 1 heterocycles. The summed E-state index contributed by atoms with van der Waals surface area (Å²) in [7, 11) is 0. The first-order chi connectivity index (χ1) is 9.19. The number of nitriles is 1. The Hall–Kier alpha value is -2.19. The van der Waals surface area contributed by atoms with Gasteiger partial charge in [0.1, 0.15) is 11.8 Å². The Labute approximate surface area is 119 Å². The van der Waals surface area contributed by atoms with Crippen LogP contribution in [-0.2, 0) is 6.54 Å². The van der Waals surface area contributed by atoms with Gasteiger partial charge in [0.15, 0.2) is 0 Å². The molecule has 0 fully saturated rings. The molecular formula is C14H10BrN3O. The number of rotatable bonds is 3. The first-order valence-corrected chi connectivity index (χ1v) is 6.37. The van der Waals surface area contributed by atoms with Crippen LogP contribution in [0.2, 0.25) is 0 Å². The summed E-state index contributed by atoms with van der Waals surface area (Å²) in [6.07, 6.45) is 1.45. The molecule has 0 atom stereocenters. The highest BCUT2D eigenvalue weighted by Gasteiger charge is 2.06. The molecule has 19 heavy (non-hydrogen) atoms. The monoisotopic (exact) mass is 315 g/mol. The number of hydrogen-bond acceptors (Lipinski definition) is 3. The lowest BCUT2D eigenvalue weighted by atomic mass is 10.2. The maximum atomic E-state index is 11.9. The Morgan fingerprint density at radius 3 is 2.74 bits per heavy atom. The minimum absolute atomic E-state index is 0.221. The number of nitrogens with one attached hydrogen (secondary N) is 1. The number of nitrogens with zero attached hydrogens (tertiary/aromatic N) is 2. The van der Waals surface area contributed by atoms with Crippen LogP contribution in [0.3, 0.4) is 0 Å². The SMILES string of the molecule is N#Cc1cc(C(=O)NCc2ccc(Br)cc2)ccn1. The minimum atomic E-state index is -0.221. The fourth-order valence-corrected chi connectivity index (χ4v) is 1.78. The van der Waals surface area contributed by atoms with E-state index in [1.165, 1.54) is 12.3 Å². The molecule has 4 nitrogen and oxygen atoms in total. The first kappa shape index (κ1) is 13.2. The molecule has 1 aromatic carbocycles. The van der Waals surface area contributed by atoms with Crippen molar-refractivity contribution in [3.63, 3.8) is 0 Å². The quantitative estimate of drug-likeness (QED) is 0.946. The summed E-state index contributed by atoms with van der Waals surface area (Å²) in [5, 5.41) is 11.5. The minimum Gasteiger partial charge on any atom is -0.348 e. The summed E-state index contributed by atoms with van der Waals surface area (Å²) in [5.41, 5.74) is 1.67. The summed E-state index contributed by atoms with van der Waals surface area (Å²) in [6.45, 7) is 0.441. The summed E-state index contributed by atoms with van der Waals surface area (Å²) < 4.78 is 0.996. The number of hydrogen-bond donors (Lipinski definition) is 1. The molecule has 5 heteroatoms. The van der Waals surface area contributed by atoms with Crippen LogP contribution in [0.4, 0.5) is 0 Å². The van der Waals surface area contributed by atoms with Crippen LogP contribution in [0.5, 0.6) is 0 Å². The molecule has 0 spiro atoms. The molecular weight excluding hydrogens is 306 g/mol. The zero-order chi connectivity index (χ0) is 13.7. The van der Waals surface area contributed by atoms with Crippen LogP contribution < -0.4 is 5.32 Å². The van der Waals surface area contributed by atoms with E-state index in [1.54, 1.807) is 6.07 Å². The molecule has 0 aliphatic rings. The van der Waals surface area contributed by atoms with Crippen LogP contribution in [0.1, 0.15) is 21.6 Å². The highest BCUT2D eigenvalue weighted by molar-refractivity contribution is 9.10. The van der Waals surface area contributed by atoms with E-state index < -0.39 is 0 Å². The van der Waals surface area contributed by atoms with E-state index in [-0.39, 0.29) is 11.6 Å². The Balaban J connectivity index is 2.01. The van der Waals surface area contributed by atoms with E-state index in [0.717, 1.165) is 10.0 Å².